The fourth-order valence-corrected chi connectivity index (χ4v) is 1.61. The third-order valence-corrected chi connectivity index (χ3v) is 2.73. The molecule has 2 heterocycles. The van der Waals surface area contributed by atoms with Crippen LogP contribution in [-0.4, -0.2) is 34.0 Å². The number of carboxylic acid groups (broad SMARTS) is 1. The van der Waals surface area contributed by atoms with Gasteiger partial charge in [-0.1, -0.05) is 0 Å². The van der Waals surface area contributed by atoms with E-state index in [2.05, 4.69) is 9.97 Å². The molecule has 0 saturated heterocycles. The number of likely N-dealkylation sites (N-methyl/N-ethyl adjacent to an activating group) is 1. The van der Waals surface area contributed by atoms with Crippen LogP contribution in [0.3, 0.4) is 0 Å². The van der Waals surface area contributed by atoms with Crippen molar-refractivity contribution >= 4 is 17.6 Å². The van der Waals surface area contributed by atoms with E-state index in [1.165, 1.54) is 17.2 Å². The maximum Gasteiger partial charge on any atom is 0.354 e. The highest BCUT2D eigenvalue weighted by Crippen LogP contribution is 2.13. The van der Waals surface area contributed by atoms with Gasteiger partial charge < -0.3 is 15.0 Å². The molecule has 0 fully saturated rings. The topological polar surface area (TPSA) is 86.3 Å². The van der Waals surface area contributed by atoms with Gasteiger partial charge in [0.1, 0.15) is 5.69 Å². The predicted molar refractivity (Wildman–Crippen MR) is 69.1 cm³/mol. The first-order chi connectivity index (χ1) is 9.08. The van der Waals surface area contributed by atoms with Crippen LogP contribution in [0.15, 0.2) is 36.7 Å². The van der Waals surface area contributed by atoms with Crippen molar-refractivity contribution in [2.24, 2.45) is 0 Å². The lowest BCUT2D eigenvalue weighted by Gasteiger charge is -2.16. The zero-order chi connectivity index (χ0) is 13.8. The Labute approximate surface area is 109 Å². The van der Waals surface area contributed by atoms with Crippen molar-refractivity contribution in [1.82, 2.24) is 9.97 Å². The first kappa shape index (κ1) is 12.8. The first-order valence-corrected chi connectivity index (χ1v) is 5.66. The number of nitrogens with one attached hydrogen (secondary N) is 1. The average molecular weight is 259 g/mol. The summed E-state index contributed by atoms with van der Waals surface area (Å²) < 4.78 is 0. The van der Waals surface area contributed by atoms with Gasteiger partial charge in [-0.3, -0.25) is 4.79 Å². The van der Waals surface area contributed by atoms with Crippen LogP contribution in [0, 0.1) is 0 Å². The standard InChI is InChI=1S/C13H13N3O3/c1-16(12(17)7-9-3-2-6-14-9)10-4-5-11(13(18)19)15-8-10/h2-6,8,14H,7H2,1H3,(H,18,19). The van der Waals surface area contributed by atoms with Gasteiger partial charge in [0.2, 0.25) is 5.91 Å². The maximum absolute atomic E-state index is 12.0. The fourth-order valence-electron chi connectivity index (χ4n) is 1.61. The number of hydrogen-bond donors (Lipinski definition) is 2. The molecule has 0 aliphatic carbocycles. The Kier molecular flexibility index (Phi) is 3.61. The number of rotatable bonds is 4. The van der Waals surface area contributed by atoms with Crippen LogP contribution in [0.5, 0.6) is 0 Å². The SMILES string of the molecule is CN(C(=O)Cc1ccc[nH]1)c1ccc(C(=O)O)nc1. The first-order valence-electron chi connectivity index (χ1n) is 5.66. The van der Waals surface area contributed by atoms with E-state index >= 15 is 0 Å². The Morgan fingerprint density at radius 1 is 1.37 bits per heavy atom. The summed E-state index contributed by atoms with van der Waals surface area (Å²) in [6.07, 6.45) is 3.38. The molecule has 0 aromatic carbocycles. The monoisotopic (exact) mass is 259 g/mol. The summed E-state index contributed by atoms with van der Waals surface area (Å²) in [7, 11) is 1.63. The number of aromatic nitrogens is 2. The highest BCUT2D eigenvalue weighted by atomic mass is 16.4. The van der Waals surface area contributed by atoms with Crippen molar-refractivity contribution in [3.05, 3.63) is 48.0 Å². The molecule has 6 nitrogen and oxygen atoms in total. The molecule has 0 atom stereocenters. The Bertz CT molecular complexity index is 576. The molecule has 1 amide bonds. The number of H-pyrrole nitrogens is 1. The Hall–Kier alpha value is -2.63. The molecule has 0 saturated carbocycles. The summed E-state index contributed by atoms with van der Waals surface area (Å²) in [5.74, 6) is -1.20. The Morgan fingerprint density at radius 2 is 2.16 bits per heavy atom. The third kappa shape index (κ3) is 2.98. The van der Waals surface area contributed by atoms with Gasteiger partial charge in [0.05, 0.1) is 18.3 Å². The minimum absolute atomic E-state index is 0.0473. The number of anilines is 1. The van der Waals surface area contributed by atoms with Gasteiger partial charge in [0.15, 0.2) is 0 Å². The van der Waals surface area contributed by atoms with Gasteiger partial charge in [0, 0.05) is 18.9 Å². The van der Waals surface area contributed by atoms with Gasteiger partial charge in [0.25, 0.3) is 0 Å². The van der Waals surface area contributed by atoms with Crippen LogP contribution < -0.4 is 4.90 Å². The molecular formula is C13H13N3O3. The maximum atomic E-state index is 12.0. The molecule has 2 N–H and O–H groups in total. The minimum Gasteiger partial charge on any atom is -0.477 e. The summed E-state index contributed by atoms with van der Waals surface area (Å²) in [5, 5.41) is 8.75. The van der Waals surface area contributed by atoms with Gasteiger partial charge in [-0.25, -0.2) is 9.78 Å². The van der Waals surface area contributed by atoms with Crippen molar-refractivity contribution < 1.29 is 14.7 Å². The number of hydrogen-bond acceptors (Lipinski definition) is 3. The number of aromatic carboxylic acids is 1. The summed E-state index contributed by atoms with van der Waals surface area (Å²) in [4.78, 5) is 30.9. The molecule has 0 aliphatic rings. The van der Waals surface area contributed by atoms with E-state index in [-0.39, 0.29) is 18.0 Å². The van der Waals surface area contributed by atoms with E-state index in [4.69, 9.17) is 5.11 Å². The van der Waals surface area contributed by atoms with Crippen LogP contribution in [0.1, 0.15) is 16.2 Å². The van der Waals surface area contributed by atoms with Crippen LogP contribution >= 0.6 is 0 Å². The molecule has 2 rings (SSSR count). The van der Waals surface area contributed by atoms with Crippen LogP contribution in [0.2, 0.25) is 0 Å². The summed E-state index contributed by atoms with van der Waals surface area (Å²) in [6.45, 7) is 0. The van der Waals surface area contributed by atoms with Crippen LogP contribution in [0.25, 0.3) is 0 Å². The van der Waals surface area contributed by atoms with Crippen molar-refractivity contribution in [3.8, 4) is 0 Å². The van der Waals surface area contributed by atoms with E-state index in [1.54, 1.807) is 19.3 Å². The molecule has 2 aromatic heterocycles. The number of aromatic amines is 1. The summed E-state index contributed by atoms with van der Waals surface area (Å²) >= 11 is 0. The van der Waals surface area contributed by atoms with Gasteiger partial charge in [-0.2, -0.15) is 0 Å². The zero-order valence-electron chi connectivity index (χ0n) is 10.3. The van der Waals surface area contributed by atoms with Gasteiger partial charge >= 0.3 is 5.97 Å². The number of pyridine rings is 1. The molecule has 2 aromatic rings. The number of carbonyl (C=O) groups excluding carboxylic acids is 1. The minimum atomic E-state index is -1.09. The van der Waals surface area contributed by atoms with Crippen LogP contribution in [0.4, 0.5) is 5.69 Å². The van der Waals surface area contributed by atoms with Gasteiger partial charge in [-0.15, -0.1) is 0 Å². The van der Waals surface area contributed by atoms with Gasteiger partial charge in [-0.05, 0) is 24.3 Å². The lowest BCUT2D eigenvalue weighted by atomic mass is 10.2. The normalized spacial score (nSPS) is 10.2. The van der Waals surface area contributed by atoms with Crippen molar-refractivity contribution in [3.63, 3.8) is 0 Å². The average Bonchev–Trinajstić information content (AvgIpc) is 2.90. The molecule has 0 aliphatic heterocycles. The van der Waals surface area contributed by atoms with E-state index in [0.29, 0.717) is 5.69 Å². The fraction of sp³-hybridized carbons (Fsp3) is 0.154. The second-order valence-corrected chi connectivity index (χ2v) is 4.03. The highest BCUT2D eigenvalue weighted by molar-refractivity contribution is 5.94. The molecule has 0 bridgehead atoms. The molecule has 98 valence electrons. The lowest BCUT2D eigenvalue weighted by Crippen LogP contribution is -2.28. The van der Waals surface area contributed by atoms with Crippen molar-refractivity contribution in [2.75, 3.05) is 11.9 Å². The molecule has 6 heteroatoms. The molecule has 0 spiro atoms. The second kappa shape index (κ2) is 5.34. The number of carbonyl (C=O) groups is 2. The highest BCUT2D eigenvalue weighted by Gasteiger charge is 2.13. The van der Waals surface area contributed by atoms with Crippen LogP contribution in [-0.2, 0) is 11.2 Å². The Morgan fingerprint density at radius 3 is 2.68 bits per heavy atom. The van der Waals surface area contributed by atoms with Crippen molar-refractivity contribution in [1.29, 1.82) is 0 Å². The second-order valence-electron chi connectivity index (χ2n) is 4.03. The van der Waals surface area contributed by atoms with E-state index < -0.39 is 5.97 Å². The summed E-state index contributed by atoms with van der Waals surface area (Å²) in [6, 6.07) is 6.59. The zero-order valence-corrected chi connectivity index (χ0v) is 10.3. The largest absolute Gasteiger partial charge is 0.477 e. The van der Waals surface area contributed by atoms with E-state index in [9.17, 15) is 9.59 Å². The Balaban J connectivity index is 2.08. The predicted octanol–water partition coefficient (Wildman–Crippen LogP) is 1.31. The molecule has 19 heavy (non-hydrogen) atoms. The number of carboxylic acids is 1. The van der Waals surface area contributed by atoms with Crippen molar-refractivity contribution in [2.45, 2.75) is 6.42 Å². The smallest absolute Gasteiger partial charge is 0.354 e. The van der Waals surface area contributed by atoms with E-state index in [1.807, 2.05) is 12.1 Å². The van der Waals surface area contributed by atoms with E-state index in [0.717, 1.165) is 5.69 Å². The lowest BCUT2D eigenvalue weighted by molar-refractivity contribution is -0.117. The summed E-state index contributed by atoms with van der Waals surface area (Å²) in [5.41, 5.74) is 1.34. The molecule has 0 unspecified atom stereocenters. The molecular weight excluding hydrogens is 246 g/mol. The molecule has 0 radical (unpaired) electrons. The number of nitrogens with zero attached hydrogens (tertiary/aromatic N) is 2. The third-order valence-electron chi connectivity index (χ3n) is 2.73. The number of amides is 1. The quantitative estimate of drug-likeness (QED) is 0.866.